The maximum absolute atomic E-state index is 12.1. The first-order chi connectivity index (χ1) is 12.4. The van der Waals surface area contributed by atoms with Gasteiger partial charge in [-0.05, 0) is 44.7 Å². The molecular weight excluding hydrogens is 334 g/mol. The van der Waals surface area contributed by atoms with Crippen LogP contribution in [0.2, 0.25) is 0 Å². The number of nitrogens with zero attached hydrogens (tertiary/aromatic N) is 3. The second-order valence-corrected chi connectivity index (χ2v) is 6.81. The first-order valence-electron chi connectivity index (χ1n) is 8.82. The molecule has 138 valence electrons. The third kappa shape index (κ3) is 4.09. The number of aliphatic carboxylic acids is 1. The molecule has 0 saturated carbocycles. The summed E-state index contributed by atoms with van der Waals surface area (Å²) >= 11 is 0. The Labute approximate surface area is 152 Å². The summed E-state index contributed by atoms with van der Waals surface area (Å²) in [6, 6.07) is 5.93. The average molecular weight is 357 g/mol. The van der Waals surface area contributed by atoms with Gasteiger partial charge in [0.1, 0.15) is 5.76 Å². The van der Waals surface area contributed by atoms with E-state index in [4.69, 9.17) is 14.6 Å². The summed E-state index contributed by atoms with van der Waals surface area (Å²) in [5.74, 6) is 0.0844. The largest absolute Gasteiger partial charge is 0.481 e. The van der Waals surface area contributed by atoms with Gasteiger partial charge in [-0.2, -0.15) is 0 Å². The van der Waals surface area contributed by atoms with Crippen molar-refractivity contribution in [3.63, 3.8) is 0 Å². The van der Waals surface area contributed by atoms with E-state index < -0.39 is 5.97 Å². The number of likely N-dealkylation sites (tertiary alicyclic amines) is 1. The quantitative estimate of drug-likeness (QED) is 0.853. The van der Waals surface area contributed by atoms with E-state index in [-0.39, 0.29) is 18.7 Å². The standard InChI is InChI=1S/C19H23N3O4/c1-12-19(13(2)26-21-12)16-5-3-4-15(20-16)10-14-8-9-22(11-14)17(23)6-7-18(24)25/h3-5,14H,6-11H2,1-2H3,(H,24,25)/t14-/m1/s1. The highest BCUT2D eigenvalue weighted by atomic mass is 16.5. The molecule has 2 aromatic heterocycles. The van der Waals surface area contributed by atoms with Crippen LogP contribution in [0.4, 0.5) is 0 Å². The van der Waals surface area contributed by atoms with E-state index in [1.165, 1.54) is 0 Å². The van der Waals surface area contributed by atoms with Gasteiger partial charge in [-0.15, -0.1) is 0 Å². The SMILES string of the molecule is Cc1noc(C)c1-c1cccc(C[C@H]2CCN(C(=O)CCC(=O)O)C2)n1. The molecule has 3 rings (SSSR count). The van der Waals surface area contributed by atoms with Crippen LogP contribution in [0.1, 0.15) is 36.4 Å². The minimum absolute atomic E-state index is 0.0713. The molecule has 1 aliphatic rings. The molecule has 0 spiro atoms. The molecular formula is C19H23N3O4. The molecule has 0 radical (unpaired) electrons. The van der Waals surface area contributed by atoms with Crippen LogP contribution in [0.5, 0.6) is 0 Å². The predicted octanol–water partition coefficient (Wildman–Crippen LogP) is 2.61. The number of amides is 1. The fraction of sp³-hybridized carbons (Fsp3) is 0.474. The number of carboxylic acid groups (broad SMARTS) is 1. The van der Waals surface area contributed by atoms with Gasteiger partial charge in [-0.25, -0.2) is 0 Å². The summed E-state index contributed by atoms with van der Waals surface area (Å²) in [7, 11) is 0. The van der Waals surface area contributed by atoms with Crippen molar-refractivity contribution in [1.82, 2.24) is 15.0 Å². The van der Waals surface area contributed by atoms with Gasteiger partial charge in [0.15, 0.2) is 0 Å². The summed E-state index contributed by atoms with van der Waals surface area (Å²) in [5.41, 5.74) is 3.59. The molecule has 1 amide bonds. The molecule has 1 N–H and O–H groups in total. The first-order valence-corrected chi connectivity index (χ1v) is 8.82. The van der Waals surface area contributed by atoms with Gasteiger partial charge in [0, 0.05) is 25.2 Å². The van der Waals surface area contributed by atoms with Crippen molar-refractivity contribution in [2.75, 3.05) is 13.1 Å². The topological polar surface area (TPSA) is 96.5 Å². The van der Waals surface area contributed by atoms with Gasteiger partial charge in [0.2, 0.25) is 5.91 Å². The van der Waals surface area contributed by atoms with Crippen LogP contribution >= 0.6 is 0 Å². The van der Waals surface area contributed by atoms with Crippen molar-refractivity contribution < 1.29 is 19.2 Å². The van der Waals surface area contributed by atoms with E-state index in [0.29, 0.717) is 19.0 Å². The van der Waals surface area contributed by atoms with Crippen molar-refractivity contribution in [3.8, 4) is 11.3 Å². The Kier molecular flexibility index (Phi) is 5.35. The minimum Gasteiger partial charge on any atom is -0.481 e. The number of carboxylic acids is 1. The lowest BCUT2D eigenvalue weighted by molar-refractivity contribution is -0.140. The van der Waals surface area contributed by atoms with Crippen molar-refractivity contribution in [3.05, 3.63) is 35.3 Å². The van der Waals surface area contributed by atoms with Gasteiger partial charge in [-0.3, -0.25) is 14.6 Å². The summed E-state index contributed by atoms with van der Waals surface area (Å²) in [4.78, 5) is 29.2. The third-order valence-electron chi connectivity index (χ3n) is 4.79. The zero-order chi connectivity index (χ0) is 18.7. The second kappa shape index (κ2) is 7.68. The minimum atomic E-state index is -0.936. The van der Waals surface area contributed by atoms with E-state index in [0.717, 1.165) is 41.2 Å². The Morgan fingerprint density at radius 3 is 2.81 bits per heavy atom. The molecule has 1 aliphatic heterocycles. The summed E-state index contributed by atoms with van der Waals surface area (Å²) in [5, 5.41) is 12.7. The first kappa shape index (κ1) is 18.1. The Bertz CT molecular complexity index is 795. The van der Waals surface area contributed by atoms with Crippen molar-refractivity contribution in [1.29, 1.82) is 0 Å². The molecule has 7 heteroatoms. The average Bonchev–Trinajstić information content (AvgIpc) is 3.19. The zero-order valence-corrected chi connectivity index (χ0v) is 15.1. The molecule has 1 fully saturated rings. The molecule has 26 heavy (non-hydrogen) atoms. The van der Waals surface area contributed by atoms with Gasteiger partial charge < -0.3 is 14.5 Å². The number of carbonyl (C=O) groups is 2. The molecule has 0 bridgehead atoms. The fourth-order valence-electron chi connectivity index (χ4n) is 3.47. The zero-order valence-electron chi connectivity index (χ0n) is 15.1. The second-order valence-electron chi connectivity index (χ2n) is 6.81. The number of pyridine rings is 1. The molecule has 0 unspecified atom stereocenters. The summed E-state index contributed by atoms with van der Waals surface area (Å²) in [6.07, 6.45) is 1.67. The van der Waals surface area contributed by atoms with Gasteiger partial charge in [-0.1, -0.05) is 11.2 Å². The van der Waals surface area contributed by atoms with Crippen LogP contribution < -0.4 is 0 Å². The summed E-state index contributed by atoms with van der Waals surface area (Å²) in [6.45, 7) is 5.13. The van der Waals surface area contributed by atoms with E-state index in [9.17, 15) is 9.59 Å². The predicted molar refractivity (Wildman–Crippen MR) is 94.5 cm³/mol. The van der Waals surface area contributed by atoms with Gasteiger partial charge in [0.25, 0.3) is 0 Å². The monoisotopic (exact) mass is 357 g/mol. The highest BCUT2D eigenvalue weighted by Crippen LogP contribution is 2.26. The molecule has 1 atom stereocenters. The Hall–Kier alpha value is -2.70. The number of aryl methyl sites for hydroxylation is 2. The van der Waals surface area contributed by atoms with Crippen LogP contribution in [0.3, 0.4) is 0 Å². The number of aromatic nitrogens is 2. The Balaban J connectivity index is 1.63. The lowest BCUT2D eigenvalue weighted by atomic mass is 10.0. The van der Waals surface area contributed by atoms with E-state index in [2.05, 4.69) is 5.16 Å². The number of hydrogen-bond donors (Lipinski definition) is 1. The normalized spacial score (nSPS) is 16.8. The molecule has 2 aromatic rings. The molecule has 1 saturated heterocycles. The van der Waals surface area contributed by atoms with Crippen LogP contribution in [0, 0.1) is 19.8 Å². The smallest absolute Gasteiger partial charge is 0.303 e. The van der Waals surface area contributed by atoms with E-state index >= 15 is 0 Å². The fourth-order valence-corrected chi connectivity index (χ4v) is 3.47. The Morgan fingerprint density at radius 2 is 2.12 bits per heavy atom. The van der Waals surface area contributed by atoms with Crippen LogP contribution in [0.15, 0.2) is 22.7 Å². The lowest BCUT2D eigenvalue weighted by Crippen LogP contribution is -2.29. The molecule has 0 aromatic carbocycles. The van der Waals surface area contributed by atoms with E-state index in [1.54, 1.807) is 4.90 Å². The third-order valence-corrected chi connectivity index (χ3v) is 4.79. The lowest BCUT2D eigenvalue weighted by Gasteiger charge is -2.16. The van der Waals surface area contributed by atoms with Crippen LogP contribution in [0.25, 0.3) is 11.3 Å². The maximum atomic E-state index is 12.1. The van der Waals surface area contributed by atoms with Crippen molar-refractivity contribution in [2.45, 2.75) is 39.5 Å². The molecule has 3 heterocycles. The number of carbonyl (C=O) groups excluding carboxylic acids is 1. The highest BCUT2D eigenvalue weighted by molar-refractivity contribution is 5.80. The van der Waals surface area contributed by atoms with Crippen LogP contribution in [-0.4, -0.2) is 45.1 Å². The van der Waals surface area contributed by atoms with Gasteiger partial charge >= 0.3 is 5.97 Å². The number of rotatable bonds is 6. The van der Waals surface area contributed by atoms with Crippen molar-refractivity contribution >= 4 is 11.9 Å². The van der Waals surface area contributed by atoms with E-state index in [1.807, 2.05) is 32.0 Å². The molecule has 0 aliphatic carbocycles. The molecule has 7 nitrogen and oxygen atoms in total. The highest BCUT2D eigenvalue weighted by Gasteiger charge is 2.27. The number of hydrogen-bond acceptors (Lipinski definition) is 5. The summed E-state index contributed by atoms with van der Waals surface area (Å²) < 4.78 is 5.23. The van der Waals surface area contributed by atoms with Gasteiger partial charge in [0.05, 0.1) is 23.4 Å². The van der Waals surface area contributed by atoms with Crippen molar-refractivity contribution in [2.24, 2.45) is 5.92 Å². The maximum Gasteiger partial charge on any atom is 0.303 e. The Morgan fingerprint density at radius 1 is 1.31 bits per heavy atom. The van der Waals surface area contributed by atoms with Crippen LogP contribution in [-0.2, 0) is 16.0 Å².